The number of ether oxygens (including phenoxy) is 5. The molecular weight excluding hydrogens is 398 g/mol. The lowest BCUT2D eigenvalue weighted by Gasteiger charge is -2.38. The summed E-state index contributed by atoms with van der Waals surface area (Å²) < 4.78 is 28.2. The normalized spacial score (nSPS) is 23.2. The van der Waals surface area contributed by atoms with Gasteiger partial charge in [-0.3, -0.25) is 4.90 Å². The van der Waals surface area contributed by atoms with Gasteiger partial charge in [-0.25, -0.2) is 4.79 Å². The third-order valence-electron chi connectivity index (χ3n) is 5.64. The predicted molar refractivity (Wildman–Crippen MR) is 114 cm³/mol. The summed E-state index contributed by atoms with van der Waals surface area (Å²) >= 11 is 0. The van der Waals surface area contributed by atoms with Crippen LogP contribution >= 0.6 is 0 Å². The molecule has 166 valence electrons. The number of hydrogen-bond acceptors (Lipinski definition) is 7. The molecule has 2 aliphatic heterocycles. The van der Waals surface area contributed by atoms with Crippen molar-refractivity contribution in [3.8, 4) is 11.5 Å². The average molecular weight is 427 g/mol. The lowest BCUT2D eigenvalue weighted by molar-refractivity contribution is -0.100. The van der Waals surface area contributed by atoms with Gasteiger partial charge in [-0.15, -0.1) is 0 Å². The SMILES string of the molecule is COC(=O)O[C@H]1CN(CCC2COc3ccccc3O2)CC[C@H]1OCc1ccccc1. The summed E-state index contributed by atoms with van der Waals surface area (Å²) in [4.78, 5) is 14.1. The summed E-state index contributed by atoms with van der Waals surface area (Å²) in [5.41, 5.74) is 1.09. The highest BCUT2D eigenvalue weighted by Crippen LogP contribution is 2.31. The van der Waals surface area contributed by atoms with Gasteiger partial charge in [0.05, 0.1) is 19.8 Å². The highest BCUT2D eigenvalue weighted by Gasteiger charge is 2.34. The number of nitrogens with zero attached hydrogens (tertiary/aromatic N) is 1. The van der Waals surface area contributed by atoms with Gasteiger partial charge in [0.1, 0.15) is 18.8 Å². The Kier molecular flexibility index (Phi) is 7.27. The number of hydrogen-bond donors (Lipinski definition) is 0. The van der Waals surface area contributed by atoms with Crippen LogP contribution in [0, 0.1) is 0 Å². The predicted octanol–water partition coefficient (Wildman–Crippen LogP) is 3.66. The maximum absolute atomic E-state index is 11.8. The fraction of sp³-hybridized carbons (Fsp3) is 0.458. The average Bonchev–Trinajstić information content (AvgIpc) is 2.82. The van der Waals surface area contributed by atoms with Crippen LogP contribution in [0.5, 0.6) is 11.5 Å². The summed E-state index contributed by atoms with van der Waals surface area (Å²) in [7, 11) is 1.32. The molecule has 2 heterocycles. The van der Waals surface area contributed by atoms with E-state index in [4.69, 9.17) is 23.7 Å². The quantitative estimate of drug-likeness (QED) is 0.625. The minimum Gasteiger partial charge on any atom is -0.486 e. The van der Waals surface area contributed by atoms with Crippen LogP contribution < -0.4 is 9.47 Å². The molecule has 0 aliphatic carbocycles. The maximum atomic E-state index is 11.8. The van der Waals surface area contributed by atoms with Crippen molar-refractivity contribution in [2.45, 2.75) is 37.8 Å². The fourth-order valence-corrected chi connectivity index (χ4v) is 3.95. The molecule has 1 unspecified atom stereocenters. The number of carbonyl (C=O) groups is 1. The van der Waals surface area contributed by atoms with Gasteiger partial charge >= 0.3 is 6.16 Å². The zero-order valence-electron chi connectivity index (χ0n) is 17.8. The van der Waals surface area contributed by atoms with Gasteiger partial charge in [0.15, 0.2) is 11.5 Å². The number of benzene rings is 2. The van der Waals surface area contributed by atoms with Crippen molar-refractivity contribution in [2.24, 2.45) is 0 Å². The second kappa shape index (κ2) is 10.5. The molecule has 3 atom stereocenters. The summed E-state index contributed by atoms with van der Waals surface area (Å²) in [6.45, 7) is 3.31. The fourth-order valence-electron chi connectivity index (χ4n) is 3.95. The zero-order valence-corrected chi connectivity index (χ0v) is 17.8. The van der Waals surface area contributed by atoms with E-state index in [9.17, 15) is 4.79 Å². The molecule has 0 aromatic heterocycles. The maximum Gasteiger partial charge on any atom is 0.508 e. The number of carbonyl (C=O) groups excluding carboxylic acids is 1. The number of piperidine rings is 1. The molecule has 0 saturated carbocycles. The molecule has 2 aliphatic rings. The number of rotatable bonds is 7. The van der Waals surface area contributed by atoms with Gasteiger partial charge in [0.25, 0.3) is 0 Å². The molecule has 0 radical (unpaired) electrons. The molecule has 2 aromatic carbocycles. The minimum absolute atomic E-state index is 0.00179. The summed E-state index contributed by atoms with van der Waals surface area (Å²) in [5.74, 6) is 1.58. The molecule has 0 bridgehead atoms. The van der Waals surface area contributed by atoms with Crippen LogP contribution in [0.25, 0.3) is 0 Å². The molecule has 0 amide bonds. The lowest BCUT2D eigenvalue weighted by Crippen LogP contribution is -2.50. The van der Waals surface area contributed by atoms with Crippen molar-refractivity contribution < 1.29 is 28.5 Å². The van der Waals surface area contributed by atoms with Crippen molar-refractivity contribution in [1.29, 1.82) is 0 Å². The largest absolute Gasteiger partial charge is 0.508 e. The second-order valence-electron chi connectivity index (χ2n) is 7.82. The van der Waals surface area contributed by atoms with Crippen LogP contribution in [-0.4, -0.2) is 62.7 Å². The van der Waals surface area contributed by atoms with Gasteiger partial charge < -0.3 is 23.7 Å². The summed E-state index contributed by atoms with van der Waals surface area (Å²) in [6, 6.07) is 17.7. The van der Waals surface area contributed by atoms with Crippen LogP contribution in [0.2, 0.25) is 0 Å². The molecule has 7 nitrogen and oxygen atoms in total. The molecule has 31 heavy (non-hydrogen) atoms. The minimum atomic E-state index is -0.680. The molecule has 7 heteroatoms. The topological polar surface area (TPSA) is 66.5 Å². The first-order valence-corrected chi connectivity index (χ1v) is 10.7. The Hall–Kier alpha value is -2.77. The number of para-hydroxylation sites is 2. The van der Waals surface area contributed by atoms with Crippen molar-refractivity contribution in [3.63, 3.8) is 0 Å². The molecule has 1 fully saturated rings. The van der Waals surface area contributed by atoms with E-state index < -0.39 is 6.16 Å². The van der Waals surface area contributed by atoms with Crippen LogP contribution in [0.4, 0.5) is 4.79 Å². The van der Waals surface area contributed by atoms with Crippen LogP contribution in [0.1, 0.15) is 18.4 Å². The summed E-state index contributed by atoms with van der Waals surface area (Å²) in [6.07, 6.45) is 0.377. The van der Waals surface area contributed by atoms with Crippen molar-refractivity contribution in [1.82, 2.24) is 4.90 Å². The third kappa shape index (κ3) is 5.89. The molecule has 0 N–H and O–H groups in total. The first-order valence-electron chi connectivity index (χ1n) is 10.7. The van der Waals surface area contributed by atoms with Gasteiger partial charge in [-0.1, -0.05) is 42.5 Å². The van der Waals surface area contributed by atoms with Crippen molar-refractivity contribution in [2.75, 3.05) is 33.4 Å². The monoisotopic (exact) mass is 427 g/mol. The Morgan fingerprint density at radius 1 is 1.06 bits per heavy atom. The second-order valence-corrected chi connectivity index (χ2v) is 7.82. The third-order valence-corrected chi connectivity index (χ3v) is 5.64. The lowest BCUT2D eigenvalue weighted by atomic mass is 10.0. The van der Waals surface area contributed by atoms with E-state index in [1.807, 2.05) is 54.6 Å². The Morgan fingerprint density at radius 2 is 1.84 bits per heavy atom. The Balaban J connectivity index is 1.29. The first kappa shape index (κ1) is 21.5. The first-order chi connectivity index (χ1) is 15.2. The van der Waals surface area contributed by atoms with E-state index in [2.05, 4.69) is 4.90 Å². The van der Waals surface area contributed by atoms with E-state index in [1.54, 1.807) is 0 Å². The highest BCUT2D eigenvalue weighted by atomic mass is 16.7. The van der Waals surface area contributed by atoms with E-state index in [-0.39, 0.29) is 18.3 Å². The molecule has 0 spiro atoms. The van der Waals surface area contributed by atoms with Crippen molar-refractivity contribution >= 4 is 6.16 Å². The Morgan fingerprint density at radius 3 is 2.65 bits per heavy atom. The van der Waals surface area contributed by atoms with Gasteiger partial charge in [-0.05, 0) is 24.1 Å². The molecule has 1 saturated heterocycles. The van der Waals surface area contributed by atoms with E-state index in [1.165, 1.54) is 7.11 Å². The standard InChI is InChI=1S/C24H29NO6/c1-27-24(26)31-23-15-25(14-12-21(23)28-16-18-7-3-2-4-8-18)13-11-19-17-29-20-9-5-6-10-22(20)30-19/h2-10,19,21,23H,11-17H2,1H3/t19?,21-,23+/m1/s1. The highest BCUT2D eigenvalue weighted by molar-refractivity contribution is 5.59. The van der Waals surface area contributed by atoms with E-state index >= 15 is 0 Å². The molecular formula is C24H29NO6. The molecule has 2 aromatic rings. The van der Waals surface area contributed by atoms with Gasteiger partial charge in [-0.2, -0.15) is 0 Å². The number of fused-ring (bicyclic) bond motifs is 1. The molecule has 4 rings (SSSR count). The number of methoxy groups -OCH3 is 1. The van der Waals surface area contributed by atoms with Crippen LogP contribution in [0.15, 0.2) is 54.6 Å². The van der Waals surface area contributed by atoms with Gasteiger partial charge in [0.2, 0.25) is 0 Å². The smallest absolute Gasteiger partial charge is 0.486 e. The van der Waals surface area contributed by atoms with E-state index in [0.29, 0.717) is 19.8 Å². The zero-order chi connectivity index (χ0) is 21.5. The number of likely N-dealkylation sites (tertiary alicyclic amines) is 1. The van der Waals surface area contributed by atoms with Crippen LogP contribution in [-0.2, 0) is 20.8 Å². The Labute approximate surface area is 182 Å². The van der Waals surface area contributed by atoms with Crippen molar-refractivity contribution in [3.05, 3.63) is 60.2 Å². The Bertz CT molecular complexity index is 845. The van der Waals surface area contributed by atoms with Gasteiger partial charge in [0, 0.05) is 26.1 Å². The summed E-state index contributed by atoms with van der Waals surface area (Å²) in [5, 5.41) is 0. The van der Waals surface area contributed by atoms with Crippen LogP contribution in [0.3, 0.4) is 0 Å². The van der Waals surface area contributed by atoms with E-state index in [0.717, 1.165) is 43.0 Å².